The molecule has 1 atom stereocenters. The molecule has 0 aromatic rings. The zero-order valence-corrected chi connectivity index (χ0v) is 8.31. The Morgan fingerprint density at radius 3 is 2.62 bits per heavy atom. The molecular weight excluding hydrogens is 191 g/mol. The number of alkyl halides is 1. The van der Waals surface area contributed by atoms with Gasteiger partial charge in [-0.1, -0.05) is 12.2 Å². The van der Waals surface area contributed by atoms with Gasteiger partial charge in [-0.25, -0.2) is 12.8 Å². The molecule has 1 rings (SSSR count). The van der Waals surface area contributed by atoms with E-state index >= 15 is 0 Å². The van der Waals surface area contributed by atoms with Crippen molar-refractivity contribution in [3.63, 3.8) is 0 Å². The minimum atomic E-state index is -3.32. The molecule has 0 amide bonds. The molecule has 1 aliphatic rings. The van der Waals surface area contributed by atoms with E-state index in [4.69, 9.17) is 0 Å². The Bertz CT molecular complexity index is 388. The van der Waals surface area contributed by atoms with Crippen molar-refractivity contribution in [3.05, 3.63) is 34.8 Å². The summed E-state index contributed by atoms with van der Waals surface area (Å²) in [6.07, 6.45) is 5.29. The second-order valence-corrected chi connectivity index (χ2v) is 4.97. The Kier molecular flexibility index (Phi) is 2.71. The molecule has 0 heterocycles. The second-order valence-electron chi connectivity index (χ2n) is 2.98. The summed E-state index contributed by atoms with van der Waals surface area (Å²) in [5.41, 5.74) is 0.568. The van der Waals surface area contributed by atoms with Crippen LogP contribution in [0.5, 0.6) is 0 Å². The van der Waals surface area contributed by atoms with E-state index in [0.29, 0.717) is 5.57 Å². The largest absolute Gasteiger partial charge is 0.238 e. The fourth-order valence-corrected chi connectivity index (χ4v) is 2.17. The molecule has 2 nitrogen and oxygen atoms in total. The number of hydrogen-bond acceptors (Lipinski definition) is 2. The van der Waals surface area contributed by atoms with E-state index in [1.807, 2.05) is 0 Å². The Morgan fingerprint density at radius 2 is 2.08 bits per heavy atom. The van der Waals surface area contributed by atoms with E-state index in [0.717, 1.165) is 12.3 Å². The number of sulfone groups is 1. The Morgan fingerprint density at radius 1 is 1.46 bits per heavy atom. The molecule has 4 heteroatoms. The smallest absolute Gasteiger partial charge is 0.175 e. The van der Waals surface area contributed by atoms with Crippen LogP contribution in [0.4, 0.5) is 4.39 Å². The maximum Gasteiger partial charge on any atom is 0.175 e. The van der Waals surface area contributed by atoms with Crippen molar-refractivity contribution in [2.75, 3.05) is 6.26 Å². The van der Waals surface area contributed by atoms with Crippen LogP contribution in [-0.2, 0) is 9.84 Å². The van der Waals surface area contributed by atoms with Gasteiger partial charge in [0.2, 0.25) is 0 Å². The highest BCUT2D eigenvalue weighted by Crippen LogP contribution is 2.20. The molecule has 1 unspecified atom stereocenters. The average molecular weight is 202 g/mol. The first-order valence-electron chi connectivity index (χ1n) is 3.82. The fourth-order valence-electron chi connectivity index (χ4n) is 1.14. The van der Waals surface area contributed by atoms with Crippen LogP contribution in [0.2, 0.25) is 0 Å². The molecule has 1 aliphatic carbocycles. The van der Waals surface area contributed by atoms with Crippen molar-refractivity contribution in [2.45, 2.75) is 13.1 Å². The van der Waals surface area contributed by atoms with Gasteiger partial charge in [0.1, 0.15) is 6.17 Å². The van der Waals surface area contributed by atoms with Crippen molar-refractivity contribution in [1.29, 1.82) is 0 Å². The third kappa shape index (κ3) is 2.52. The molecule has 0 aromatic heterocycles. The lowest BCUT2D eigenvalue weighted by atomic mass is 10.2. The summed E-state index contributed by atoms with van der Waals surface area (Å²) < 4.78 is 35.3. The summed E-state index contributed by atoms with van der Waals surface area (Å²) >= 11 is 0. The van der Waals surface area contributed by atoms with Crippen LogP contribution >= 0.6 is 0 Å². The van der Waals surface area contributed by atoms with E-state index in [1.165, 1.54) is 12.2 Å². The number of rotatable bonds is 1. The Labute approximate surface area is 77.4 Å². The third-order valence-electron chi connectivity index (χ3n) is 1.74. The summed E-state index contributed by atoms with van der Waals surface area (Å²) in [4.78, 5) is 0.0741. The predicted octanol–water partition coefficient (Wildman–Crippen LogP) is 1.77. The maximum atomic E-state index is 12.9. The lowest BCUT2D eigenvalue weighted by Gasteiger charge is -2.04. The van der Waals surface area contributed by atoms with Gasteiger partial charge in [-0.05, 0) is 24.6 Å². The molecule has 0 aromatic carbocycles. The van der Waals surface area contributed by atoms with Crippen LogP contribution in [-0.4, -0.2) is 20.8 Å². The lowest BCUT2D eigenvalue weighted by molar-refractivity contribution is 0.468. The van der Waals surface area contributed by atoms with Gasteiger partial charge in [0, 0.05) is 6.26 Å². The summed E-state index contributed by atoms with van der Waals surface area (Å²) in [7, 11) is -3.32. The molecule has 0 saturated carbocycles. The van der Waals surface area contributed by atoms with E-state index in [2.05, 4.69) is 0 Å². The highest BCUT2D eigenvalue weighted by atomic mass is 32.2. The van der Waals surface area contributed by atoms with Gasteiger partial charge in [0.05, 0.1) is 4.91 Å². The molecule has 0 saturated heterocycles. The van der Waals surface area contributed by atoms with Gasteiger partial charge in [-0.15, -0.1) is 0 Å². The summed E-state index contributed by atoms with van der Waals surface area (Å²) in [5, 5.41) is 0. The minimum absolute atomic E-state index is 0.0741. The van der Waals surface area contributed by atoms with Gasteiger partial charge < -0.3 is 0 Å². The van der Waals surface area contributed by atoms with Crippen LogP contribution < -0.4 is 0 Å². The topological polar surface area (TPSA) is 34.1 Å². The molecular formula is C9H11FO2S. The van der Waals surface area contributed by atoms with Gasteiger partial charge in [0.25, 0.3) is 0 Å². The van der Waals surface area contributed by atoms with E-state index in [1.54, 1.807) is 13.0 Å². The molecule has 72 valence electrons. The zero-order chi connectivity index (χ0) is 10.1. The fraction of sp³-hybridized carbons (Fsp3) is 0.333. The van der Waals surface area contributed by atoms with Gasteiger partial charge in [-0.2, -0.15) is 0 Å². The molecule has 0 N–H and O–H groups in total. The van der Waals surface area contributed by atoms with E-state index in [-0.39, 0.29) is 4.91 Å². The Hall–Kier alpha value is -0.900. The van der Waals surface area contributed by atoms with Gasteiger partial charge in [-0.3, -0.25) is 0 Å². The first kappa shape index (κ1) is 10.2. The van der Waals surface area contributed by atoms with Crippen molar-refractivity contribution in [3.8, 4) is 0 Å². The summed E-state index contributed by atoms with van der Waals surface area (Å²) in [6.45, 7) is 1.65. The van der Waals surface area contributed by atoms with Crippen molar-refractivity contribution >= 4 is 9.84 Å². The Balaban J connectivity index is 3.23. The summed E-state index contributed by atoms with van der Waals surface area (Å²) in [5.74, 6) is 0. The van der Waals surface area contributed by atoms with E-state index in [9.17, 15) is 12.8 Å². The molecule has 0 aliphatic heterocycles. The zero-order valence-electron chi connectivity index (χ0n) is 7.49. The standard InChI is InChI=1S/C9H11FO2S/c1-7-4-3-5-8(10)6-9(7)13(2,11)12/h3-6,8H,1-2H3. The predicted molar refractivity (Wildman–Crippen MR) is 50.7 cm³/mol. The normalized spacial score (nSPS) is 23.5. The van der Waals surface area contributed by atoms with Crippen molar-refractivity contribution in [1.82, 2.24) is 0 Å². The highest BCUT2D eigenvalue weighted by molar-refractivity contribution is 7.94. The molecule has 0 radical (unpaired) electrons. The highest BCUT2D eigenvalue weighted by Gasteiger charge is 2.16. The first-order chi connectivity index (χ1) is 5.91. The average Bonchev–Trinajstić information content (AvgIpc) is 2.11. The van der Waals surface area contributed by atoms with E-state index < -0.39 is 16.0 Å². The number of halogens is 1. The lowest BCUT2D eigenvalue weighted by Crippen LogP contribution is -2.04. The van der Waals surface area contributed by atoms with Crippen molar-refractivity contribution in [2.24, 2.45) is 0 Å². The quantitative estimate of drug-likeness (QED) is 0.649. The number of allylic oxidation sites excluding steroid dienone is 5. The number of hydrogen-bond donors (Lipinski definition) is 0. The molecule has 0 spiro atoms. The molecule has 0 fully saturated rings. The monoisotopic (exact) mass is 202 g/mol. The van der Waals surface area contributed by atoms with Crippen LogP contribution in [0, 0.1) is 0 Å². The second kappa shape index (κ2) is 3.46. The van der Waals surface area contributed by atoms with Crippen LogP contribution in [0.25, 0.3) is 0 Å². The third-order valence-corrected chi connectivity index (χ3v) is 3.00. The molecule has 0 bridgehead atoms. The maximum absolute atomic E-state index is 12.9. The van der Waals surface area contributed by atoms with Crippen LogP contribution in [0.15, 0.2) is 34.8 Å². The first-order valence-corrected chi connectivity index (χ1v) is 5.72. The van der Waals surface area contributed by atoms with Gasteiger partial charge >= 0.3 is 0 Å². The van der Waals surface area contributed by atoms with Crippen LogP contribution in [0.1, 0.15) is 6.92 Å². The summed E-state index contributed by atoms with van der Waals surface area (Å²) in [6, 6.07) is 0. The van der Waals surface area contributed by atoms with Crippen LogP contribution in [0.3, 0.4) is 0 Å². The van der Waals surface area contributed by atoms with Gasteiger partial charge in [0.15, 0.2) is 9.84 Å². The van der Waals surface area contributed by atoms with Crippen molar-refractivity contribution < 1.29 is 12.8 Å². The molecule has 13 heavy (non-hydrogen) atoms. The SMILES string of the molecule is CC1=CC=CC(F)C=C1S(C)(=O)=O. The minimum Gasteiger partial charge on any atom is -0.238 e.